The second-order valence-corrected chi connectivity index (χ2v) is 0. The fourth-order valence-electron chi connectivity index (χ4n) is 0. The van der Waals surface area contributed by atoms with E-state index in [9.17, 15) is 0 Å². The zero-order valence-electron chi connectivity index (χ0n) is 1.40. The molecule has 0 rings (SSSR count). The normalized spacial score (nSPS) is 1.50. The van der Waals surface area contributed by atoms with Crippen LogP contribution in [0.15, 0.2) is 0 Å². The van der Waals surface area contributed by atoms with E-state index in [4.69, 9.17) is 0 Å². The van der Waals surface area contributed by atoms with Crippen molar-refractivity contribution < 1.29 is 17.1 Å². The SMILES string of the molecule is [GeH4].[Mn].[SbH2][TeH]. The first-order chi connectivity index (χ1) is 1.00. The van der Waals surface area contributed by atoms with Crippen LogP contribution in [-0.2, 0) is 17.1 Å². The average Bonchev–Trinajstić information content (AvgIpc) is 1.00. The molecule has 0 saturated heterocycles. The van der Waals surface area contributed by atoms with Crippen LogP contribution in [0.1, 0.15) is 0 Å². The van der Waals surface area contributed by atoms with Gasteiger partial charge in [-0.15, -0.1) is 0 Å². The van der Waals surface area contributed by atoms with Gasteiger partial charge in [0.1, 0.15) is 0 Å². The molecule has 0 amide bonds. The predicted octanol–water partition coefficient (Wildman–Crippen LogP) is -3.02. The van der Waals surface area contributed by atoms with Crippen LogP contribution >= 0.6 is 0 Å². The monoisotopic (exact) mass is 387 g/mol. The Morgan fingerprint density at radius 3 is 1.25 bits per heavy atom. The molecule has 29 valence electrons. The van der Waals surface area contributed by atoms with Gasteiger partial charge in [-0.05, 0) is 0 Å². The van der Waals surface area contributed by atoms with Crippen molar-refractivity contribution in [1.29, 1.82) is 0 Å². The molecular weight excluding hydrogens is 377 g/mol. The van der Waals surface area contributed by atoms with Gasteiger partial charge in [-0.2, -0.15) is 0 Å². The van der Waals surface area contributed by atoms with Crippen molar-refractivity contribution in [3.8, 4) is 0 Å². The summed E-state index contributed by atoms with van der Waals surface area (Å²) in [6.45, 7) is 0. The molecule has 0 aromatic heterocycles. The molecule has 0 nitrogen and oxygen atoms in total. The Bertz CT molecular complexity index is 8.00. The van der Waals surface area contributed by atoms with Crippen molar-refractivity contribution in [2.45, 2.75) is 0 Å². The van der Waals surface area contributed by atoms with Gasteiger partial charge in [0.15, 0.2) is 0 Å². The first-order valence-corrected chi connectivity index (χ1v) is 11.6. The van der Waals surface area contributed by atoms with Crippen LogP contribution in [0.4, 0.5) is 0 Å². The molecule has 0 bridgehead atoms. The Balaban J connectivity index is -0.00000000500. The molecule has 0 aromatic rings. The van der Waals surface area contributed by atoms with Gasteiger partial charge in [0.25, 0.3) is 0 Å². The molecule has 1 radical (unpaired) electrons. The summed E-state index contributed by atoms with van der Waals surface area (Å²) < 4.78 is 0. The van der Waals surface area contributed by atoms with Crippen LogP contribution in [-0.4, -0.2) is 54.9 Å². The van der Waals surface area contributed by atoms with Gasteiger partial charge >= 0.3 is 54.9 Å². The van der Waals surface area contributed by atoms with Gasteiger partial charge in [0, 0.05) is 17.1 Å². The van der Waals surface area contributed by atoms with Crippen molar-refractivity contribution >= 4 is 54.9 Å². The number of hydrogen-bond donors (Lipinski definition) is 0. The van der Waals surface area contributed by atoms with Crippen LogP contribution in [0.2, 0.25) is 0 Å². The molecular formula is H7GeMnSbTe. The summed E-state index contributed by atoms with van der Waals surface area (Å²) >= 11 is 3.28. The minimum absolute atomic E-state index is 0. The quantitative estimate of drug-likeness (QED) is 0.391. The van der Waals surface area contributed by atoms with E-state index in [2.05, 4.69) is 0 Å². The van der Waals surface area contributed by atoms with Gasteiger partial charge < -0.3 is 0 Å². The molecule has 4 heavy (non-hydrogen) atoms. The van der Waals surface area contributed by atoms with E-state index < -0.39 is 0 Å². The third-order valence-electron chi connectivity index (χ3n) is 0. The summed E-state index contributed by atoms with van der Waals surface area (Å²) in [4.78, 5) is 0. The van der Waals surface area contributed by atoms with E-state index >= 15 is 0 Å². The molecule has 0 aliphatic heterocycles. The van der Waals surface area contributed by atoms with Gasteiger partial charge in [-0.1, -0.05) is 0 Å². The summed E-state index contributed by atoms with van der Waals surface area (Å²) in [5, 5.41) is 0. The van der Waals surface area contributed by atoms with Gasteiger partial charge in [-0.3, -0.25) is 0 Å². The van der Waals surface area contributed by atoms with E-state index in [1.807, 2.05) is 18.2 Å². The molecule has 0 saturated carbocycles. The molecule has 0 atom stereocenters. The fourth-order valence-corrected chi connectivity index (χ4v) is 0. The van der Waals surface area contributed by atoms with Crippen LogP contribution in [0.5, 0.6) is 0 Å². The van der Waals surface area contributed by atoms with Gasteiger partial charge in [0.2, 0.25) is 0 Å². The first kappa shape index (κ1) is 15.9. The molecule has 0 N–H and O–H groups in total. The summed E-state index contributed by atoms with van der Waals surface area (Å²) in [6.07, 6.45) is 0. The number of hydrogen-bond acceptors (Lipinski definition) is 0. The van der Waals surface area contributed by atoms with E-state index in [-0.39, 0.29) is 34.7 Å². The molecule has 0 heterocycles. The molecule has 0 spiro atoms. The second-order valence-electron chi connectivity index (χ2n) is 0. The molecule has 0 aromatic carbocycles. The summed E-state index contributed by atoms with van der Waals surface area (Å²) in [7, 11) is 0. The van der Waals surface area contributed by atoms with E-state index in [0.29, 0.717) is 0 Å². The Morgan fingerprint density at radius 2 is 1.25 bits per heavy atom. The predicted molar refractivity (Wildman–Crippen MR) is 27.0 cm³/mol. The maximum absolute atomic E-state index is 1.88. The van der Waals surface area contributed by atoms with Crippen molar-refractivity contribution in [3.63, 3.8) is 0 Å². The third kappa shape index (κ3) is 8.82. The minimum atomic E-state index is 0. The Hall–Kier alpha value is 2.67. The molecule has 4 heteroatoms. The van der Waals surface area contributed by atoms with Gasteiger partial charge in [-0.25, -0.2) is 0 Å². The molecule has 0 aliphatic carbocycles. The van der Waals surface area contributed by atoms with Crippen LogP contribution < -0.4 is 0 Å². The molecule has 0 unspecified atom stereocenters. The zero-order chi connectivity index (χ0) is 2.00. The zero-order valence-corrected chi connectivity index (χ0v) is 8.43. The Kier molecular flexibility index (Phi) is 69.0. The van der Waals surface area contributed by atoms with Crippen LogP contribution in [0.3, 0.4) is 0 Å². The van der Waals surface area contributed by atoms with E-state index in [1.54, 1.807) is 0 Å². The van der Waals surface area contributed by atoms with Crippen LogP contribution in [0.25, 0.3) is 0 Å². The summed E-state index contributed by atoms with van der Waals surface area (Å²) in [5.74, 6) is 0. The van der Waals surface area contributed by atoms with Crippen LogP contribution in [0, 0.1) is 0 Å². The van der Waals surface area contributed by atoms with Crippen molar-refractivity contribution in [1.82, 2.24) is 0 Å². The van der Waals surface area contributed by atoms with E-state index in [0.717, 1.165) is 0 Å². The first-order valence-electron chi connectivity index (χ1n) is 0.258. The topological polar surface area (TPSA) is 0 Å². The summed E-state index contributed by atoms with van der Waals surface area (Å²) in [6, 6.07) is 0. The van der Waals surface area contributed by atoms with Crippen molar-refractivity contribution in [2.24, 2.45) is 0 Å². The summed E-state index contributed by atoms with van der Waals surface area (Å²) in [5.41, 5.74) is 0. The Labute approximate surface area is 70.7 Å². The maximum atomic E-state index is 1.88. The van der Waals surface area contributed by atoms with Crippen molar-refractivity contribution in [3.05, 3.63) is 0 Å². The van der Waals surface area contributed by atoms with Crippen molar-refractivity contribution in [2.75, 3.05) is 0 Å². The standard InChI is InChI=1S/GeH4.Mn.Sb.H2Te.2H/h1H4;;;1H2;;/q;;+1;;;/p-1. The molecule has 0 fully saturated rings. The Morgan fingerprint density at radius 1 is 1.25 bits per heavy atom. The fraction of sp³-hybridized carbons (Fsp3) is 0. The average molecular weight is 384 g/mol. The third-order valence-corrected chi connectivity index (χ3v) is 0. The van der Waals surface area contributed by atoms with E-state index in [1.165, 1.54) is 19.1 Å². The molecule has 0 aliphatic rings. The number of rotatable bonds is 0. The van der Waals surface area contributed by atoms with Gasteiger partial charge in [0.05, 0.1) is 0 Å². The second kappa shape index (κ2) is 17.3.